The molecule has 1 aromatic heterocycles. The Hall–Kier alpha value is -1.46. The molecule has 0 bridgehead atoms. The zero-order valence-corrected chi connectivity index (χ0v) is 11.1. The minimum absolute atomic E-state index is 0.196. The zero-order valence-electron chi connectivity index (χ0n) is 10.3. The van der Waals surface area contributed by atoms with Crippen molar-refractivity contribution < 1.29 is 9.13 Å². The average molecular weight is 266 g/mol. The summed E-state index contributed by atoms with van der Waals surface area (Å²) in [5.74, 6) is -0.247. The maximum Gasteiger partial charge on any atom is 0.183 e. The molecule has 0 aliphatic carbocycles. The molecule has 0 spiro atoms. The Morgan fingerprint density at radius 2 is 2.33 bits per heavy atom. The average Bonchev–Trinajstić information content (AvgIpc) is 2.78. The molecule has 3 nitrogen and oxygen atoms in total. The molecule has 5 heteroatoms. The van der Waals surface area contributed by atoms with E-state index >= 15 is 0 Å². The van der Waals surface area contributed by atoms with Gasteiger partial charge in [0.15, 0.2) is 5.13 Å². The fraction of sp³-hybridized carbons (Fsp3) is 0.308. The van der Waals surface area contributed by atoms with Crippen molar-refractivity contribution in [1.29, 1.82) is 0 Å². The number of aromatic nitrogens is 1. The van der Waals surface area contributed by atoms with E-state index in [1.54, 1.807) is 13.2 Å². The third kappa shape index (κ3) is 3.27. The summed E-state index contributed by atoms with van der Waals surface area (Å²) in [6, 6.07) is 6.64. The van der Waals surface area contributed by atoms with Gasteiger partial charge in [-0.1, -0.05) is 12.1 Å². The van der Waals surface area contributed by atoms with Crippen molar-refractivity contribution in [2.24, 2.45) is 0 Å². The van der Waals surface area contributed by atoms with Gasteiger partial charge in [-0.05, 0) is 19.1 Å². The van der Waals surface area contributed by atoms with Crippen LogP contribution < -0.4 is 5.32 Å². The summed E-state index contributed by atoms with van der Waals surface area (Å²) in [4.78, 5) is 4.43. The van der Waals surface area contributed by atoms with Gasteiger partial charge in [0.2, 0.25) is 0 Å². The summed E-state index contributed by atoms with van der Waals surface area (Å²) in [5, 5.41) is 5.97. The van der Waals surface area contributed by atoms with Crippen molar-refractivity contribution in [3.63, 3.8) is 0 Å². The molecule has 0 unspecified atom stereocenters. The molecule has 1 N–H and O–H groups in total. The monoisotopic (exact) mass is 266 g/mol. The molecule has 96 valence electrons. The number of hydrogen-bond donors (Lipinski definition) is 1. The van der Waals surface area contributed by atoms with Crippen LogP contribution in [0, 0.1) is 5.82 Å². The number of anilines is 1. The van der Waals surface area contributed by atoms with Crippen molar-refractivity contribution in [3.8, 4) is 11.3 Å². The summed E-state index contributed by atoms with van der Waals surface area (Å²) < 4.78 is 18.2. The van der Waals surface area contributed by atoms with Gasteiger partial charge in [-0.25, -0.2) is 9.37 Å². The number of nitrogens with one attached hydrogen (secondary N) is 1. The molecule has 1 heterocycles. The van der Waals surface area contributed by atoms with Gasteiger partial charge in [0.25, 0.3) is 0 Å². The molecule has 0 fully saturated rings. The molecule has 1 atom stereocenters. The van der Waals surface area contributed by atoms with E-state index in [0.29, 0.717) is 6.61 Å². The second kappa shape index (κ2) is 5.93. The topological polar surface area (TPSA) is 34.1 Å². The van der Waals surface area contributed by atoms with Crippen LogP contribution in [0.25, 0.3) is 11.3 Å². The Kier molecular flexibility index (Phi) is 4.28. The number of methoxy groups -OCH3 is 1. The van der Waals surface area contributed by atoms with Gasteiger partial charge in [0.1, 0.15) is 5.82 Å². The van der Waals surface area contributed by atoms with Gasteiger partial charge >= 0.3 is 0 Å². The summed E-state index contributed by atoms with van der Waals surface area (Å²) in [5.41, 5.74) is 1.57. The molecule has 0 saturated carbocycles. The maximum absolute atomic E-state index is 13.1. The van der Waals surface area contributed by atoms with Gasteiger partial charge in [-0.15, -0.1) is 11.3 Å². The highest BCUT2D eigenvalue weighted by Gasteiger charge is 2.07. The van der Waals surface area contributed by atoms with E-state index in [2.05, 4.69) is 10.3 Å². The molecule has 0 radical (unpaired) electrons. The highest BCUT2D eigenvalue weighted by Crippen LogP contribution is 2.25. The first-order chi connectivity index (χ1) is 8.69. The largest absolute Gasteiger partial charge is 0.383 e. The van der Waals surface area contributed by atoms with Crippen LogP contribution in [-0.4, -0.2) is 24.7 Å². The number of thiazole rings is 1. The minimum Gasteiger partial charge on any atom is -0.383 e. The van der Waals surface area contributed by atoms with E-state index in [-0.39, 0.29) is 11.9 Å². The van der Waals surface area contributed by atoms with Crippen LogP contribution in [0.4, 0.5) is 9.52 Å². The first-order valence-corrected chi connectivity index (χ1v) is 6.54. The lowest BCUT2D eigenvalue weighted by atomic mass is 10.2. The third-order valence-electron chi connectivity index (χ3n) is 2.41. The normalized spacial score (nSPS) is 12.4. The van der Waals surface area contributed by atoms with E-state index in [0.717, 1.165) is 16.4 Å². The first kappa shape index (κ1) is 13.0. The van der Waals surface area contributed by atoms with Crippen LogP contribution in [0.3, 0.4) is 0 Å². The highest BCUT2D eigenvalue weighted by molar-refractivity contribution is 7.14. The zero-order chi connectivity index (χ0) is 13.0. The molecule has 0 amide bonds. The molecule has 1 aromatic carbocycles. The predicted molar refractivity (Wildman–Crippen MR) is 72.5 cm³/mol. The number of benzene rings is 1. The number of hydrogen-bond acceptors (Lipinski definition) is 4. The van der Waals surface area contributed by atoms with Gasteiger partial charge < -0.3 is 10.1 Å². The molecule has 0 saturated heterocycles. The van der Waals surface area contributed by atoms with Crippen LogP contribution in [0.2, 0.25) is 0 Å². The summed E-state index contributed by atoms with van der Waals surface area (Å²) in [6.45, 7) is 2.64. The number of ether oxygens (including phenoxy) is 1. The Balaban J connectivity index is 2.10. The Bertz CT molecular complexity index is 515. The van der Waals surface area contributed by atoms with E-state index in [1.807, 2.05) is 18.4 Å². The summed E-state index contributed by atoms with van der Waals surface area (Å²) in [6.07, 6.45) is 0. The van der Waals surface area contributed by atoms with Gasteiger partial charge in [0, 0.05) is 24.1 Å². The quantitative estimate of drug-likeness (QED) is 0.900. The standard InChI is InChI=1S/C13H15FN2OS/c1-9(7-17-2)15-13-16-12(8-18-13)10-4-3-5-11(14)6-10/h3-6,8-9H,7H2,1-2H3,(H,15,16)/t9-/m1/s1. The van der Waals surface area contributed by atoms with Gasteiger partial charge in [-0.3, -0.25) is 0 Å². The van der Waals surface area contributed by atoms with E-state index in [4.69, 9.17) is 4.74 Å². The van der Waals surface area contributed by atoms with Crippen LogP contribution >= 0.6 is 11.3 Å². The smallest absolute Gasteiger partial charge is 0.183 e. The van der Waals surface area contributed by atoms with Crippen molar-refractivity contribution >= 4 is 16.5 Å². The first-order valence-electron chi connectivity index (χ1n) is 5.66. The lowest BCUT2D eigenvalue weighted by molar-refractivity contribution is 0.190. The van der Waals surface area contributed by atoms with Crippen LogP contribution in [0.5, 0.6) is 0 Å². The lowest BCUT2D eigenvalue weighted by Crippen LogP contribution is -2.20. The highest BCUT2D eigenvalue weighted by atomic mass is 32.1. The molecule has 0 aliphatic rings. The van der Waals surface area contributed by atoms with Crippen LogP contribution in [0.1, 0.15) is 6.92 Å². The summed E-state index contributed by atoms with van der Waals surface area (Å²) in [7, 11) is 1.66. The SMILES string of the molecule is COC[C@@H](C)Nc1nc(-c2cccc(F)c2)cs1. The van der Waals surface area contributed by atoms with Crippen molar-refractivity contribution in [2.75, 3.05) is 19.0 Å². The minimum atomic E-state index is -0.247. The number of halogens is 1. The lowest BCUT2D eigenvalue weighted by Gasteiger charge is -2.10. The number of nitrogens with zero attached hydrogens (tertiary/aromatic N) is 1. The van der Waals surface area contributed by atoms with E-state index in [9.17, 15) is 4.39 Å². The predicted octanol–water partition coefficient (Wildman–Crippen LogP) is 3.40. The molecule has 2 rings (SSSR count). The maximum atomic E-state index is 13.1. The molecule has 2 aromatic rings. The van der Waals surface area contributed by atoms with Crippen molar-refractivity contribution in [1.82, 2.24) is 4.98 Å². The molecular weight excluding hydrogens is 251 g/mol. The molecule has 18 heavy (non-hydrogen) atoms. The fourth-order valence-corrected chi connectivity index (χ4v) is 2.46. The second-order valence-corrected chi connectivity index (χ2v) is 4.91. The van der Waals surface area contributed by atoms with Crippen LogP contribution in [-0.2, 0) is 4.74 Å². The van der Waals surface area contributed by atoms with Crippen molar-refractivity contribution in [3.05, 3.63) is 35.5 Å². The number of rotatable bonds is 5. The molecule has 0 aliphatic heterocycles. The van der Waals surface area contributed by atoms with E-state index in [1.165, 1.54) is 23.5 Å². The second-order valence-electron chi connectivity index (χ2n) is 4.05. The van der Waals surface area contributed by atoms with Crippen LogP contribution in [0.15, 0.2) is 29.6 Å². The van der Waals surface area contributed by atoms with E-state index < -0.39 is 0 Å². The Morgan fingerprint density at radius 3 is 3.06 bits per heavy atom. The van der Waals surface area contributed by atoms with Gasteiger partial charge in [-0.2, -0.15) is 0 Å². The van der Waals surface area contributed by atoms with Crippen molar-refractivity contribution in [2.45, 2.75) is 13.0 Å². The fourth-order valence-electron chi connectivity index (χ4n) is 1.62. The summed E-state index contributed by atoms with van der Waals surface area (Å²) >= 11 is 1.50. The third-order valence-corrected chi connectivity index (χ3v) is 3.18. The Labute approximate surface area is 110 Å². The van der Waals surface area contributed by atoms with Gasteiger partial charge in [0.05, 0.1) is 12.3 Å². The Morgan fingerprint density at radius 1 is 1.50 bits per heavy atom. The molecular formula is C13H15FN2OS.